The van der Waals surface area contributed by atoms with Gasteiger partial charge < -0.3 is 20.3 Å². The first-order valence-corrected chi connectivity index (χ1v) is 9.72. The van der Waals surface area contributed by atoms with Crippen molar-refractivity contribution in [2.75, 3.05) is 25.5 Å². The van der Waals surface area contributed by atoms with Gasteiger partial charge in [0.05, 0.1) is 13.2 Å². The standard InChI is InChI=1S/C22H26FN3O3/c1-15(17-8-9-20(29-2)19(23)14-17)24-22(28)26-12-10-16(11-13-26)21(27)25-18-6-4-3-5-7-18/h3-9,14-16H,10-13H2,1-2H3,(H,24,28)(H,25,27)/t15-/m0/s1. The predicted octanol–water partition coefficient (Wildman–Crippen LogP) is 3.96. The number of nitrogens with zero attached hydrogens (tertiary/aromatic N) is 1. The van der Waals surface area contributed by atoms with Gasteiger partial charge in [-0.05, 0) is 49.6 Å². The van der Waals surface area contributed by atoms with Crippen molar-refractivity contribution in [3.63, 3.8) is 0 Å². The van der Waals surface area contributed by atoms with Gasteiger partial charge in [0.25, 0.3) is 0 Å². The summed E-state index contributed by atoms with van der Waals surface area (Å²) in [6, 6.07) is 13.4. The number of hydrogen-bond acceptors (Lipinski definition) is 3. The van der Waals surface area contributed by atoms with Crippen LogP contribution in [0.5, 0.6) is 5.75 Å². The summed E-state index contributed by atoms with van der Waals surface area (Å²) < 4.78 is 18.8. The number of likely N-dealkylation sites (tertiary alicyclic amines) is 1. The highest BCUT2D eigenvalue weighted by molar-refractivity contribution is 5.92. The van der Waals surface area contributed by atoms with E-state index in [1.807, 2.05) is 30.3 Å². The number of hydrogen-bond donors (Lipinski definition) is 2. The molecule has 1 aliphatic heterocycles. The van der Waals surface area contributed by atoms with Crippen molar-refractivity contribution in [3.8, 4) is 5.75 Å². The van der Waals surface area contributed by atoms with Gasteiger partial charge in [-0.2, -0.15) is 0 Å². The Kier molecular flexibility index (Phi) is 6.69. The molecule has 1 saturated heterocycles. The van der Waals surface area contributed by atoms with Gasteiger partial charge in [0.15, 0.2) is 11.6 Å². The summed E-state index contributed by atoms with van der Waals surface area (Å²) in [5, 5.41) is 5.81. The molecule has 6 nitrogen and oxygen atoms in total. The molecule has 154 valence electrons. The normalized spacial score (nSPS) is 15.5. The number of nitrogens with one attached hydrogen (secondary N) is 2. The van der Waals surface area contributed by atoms with Crippen LogP contribution in [0.4, 0.5) is 14.9 Å². The fraction of sp³-hybridized carbons (Fsp3) is 0.364. The van der Waals surface area contributed by atoms with E-state index < -0.39 is 5.82 Å². The van der Waals surface area contributed by atoms with E-state index >= 15 is 0 Å². The van der Waals surface area contributed by atoms with Crippen LogP contribution in [0.3, 0.4) is 0 Å². The maximum absolute atomic E-state index is 13.9. The number of anilines is 1. The number of carbonyl (C=O) groups excluding carboxylic acids is 2. The number of benzene rings is 2. The molecule has 7 heteroatoms. The van der Waals surface area contributed by atoms with E-state index in [1.54, 1.807) is 24.0 Å². The SMILES string of the molecule is COc1ccc([C@H](C)NC(=O)N2CCC(C(=O)Nc3ccccc3)CC2)cc1F. The van der Waals surface area contributed by atoms with Gasteiger partial charge in [-0.1, -0.05) is 24.3 Å². The molecule has 2 N–H and O–H groups in total. The molecule has 0 unspecified atom stereocenters. The van der Waals surface area contributed by atoms with E-state index in [1.165, 1.54) is 13.2 Å². The van der Waals surface area contributed by atoms with Crippen molar-refractivity contribution in [2.24, 2.45) is 5.92 Å². The molecule has 3 rings (SSSR count). The zero-order valence-corrected chi connectivity index (χ0v) is 16.7. The van der Waals surface area contributed by atoms with Crippen LogP contribution in [0, 0.1) is 11.7 Å². The average Bonchev–Trinajstić information content (AvgIpc) is 2.74. The van der Waals surface area contributed by atoms with E-state index in [4.69, 9.17) is 4.74 Å². The van der Waals surface area contributed by atoms with Crippen molar-refractivity contribution in [3.05, 3.63) is 59.9 Å². The van der Waals surface area contributed by atoms with Crippen molar-refractivity contribution >= 4 is 17.6 Å². The van der Waals surface area contributed by atoms with Crippen LogP contribution in [0.15, 0.2) is 48.5 Å². The molecule has 2 aromatic rings. The number of rotatable bonds is 5. The lowest BCUT2D eigenvalue weighted by Gasteiger charge is -2.32. The Morgan fingerprint density at radius 1 is 1.14 bits per heavy atom. The third kappa shape index (κ3) is 5.25. The minimum absolute atomic E-state index is 0.0154. The second kappa shape index (κ2) is 9.41. The second-order valence-electron chi connectivity index (χ2n) is 7.18. The van der Waals surface area contributed by atoms with Gasteiger partial charge in [-0.3, -0.25) is 4.79 Å². The first kappa shape index (κ1) is 20.6. The van der Waals surface area contributed by atoms with E-state index in [0.29, 0.717) is 31.5 Å². The molecule has 1 fully saturated rings. The molecule has 1 aliphatic rings. The van der Waals surface area contributed by atoms with Crippen LogP contribution in [0.1, 0.15) is 31.4 Å². The number of halogens is 1. The average molecular weight is 399 g/mol. The van der Waals surface area contributed by atoms with E-state index in [-0.39, 0.29) is 29.6 Å². The van der Waals surface area contributed by atoms with Gasteiger partial charge in [-0.25, -0.2) is 9.18 Å². The molecule has 0 aliphatic carbocycles. The molecular formula is C22H26FN3O3. The fourth-order valence-corrected chi connectivity index (χ4v) is 3.42. The highest BCUT2D eigenvalue weighted by atomic mass is 19.1. The van der Waals surface area contributed by atoms with Crippen LogP contribution >= 0.6 is 0 Å². The Hall–Kier alpha value is -3.09. The number of para-hydroxylation sites is 1. The lowest BCUT2D eigenvalue weighted by molar-refractivity contribution is -0.121. The van der Waals surface area contributed by atoms with Crippen LogP contribution in [-0.2, 0) is 4.79 Å². The minimum Gasteiger partial charge on any atom is -0.494 e. The highest BCUT2D eigenvalue weighted by Crippen LogP contribution is 2.23. The summed E-state index contributed by atoms with van der Waals surface area (Å²) in [7, 11) is 1.41. The number of urea groups is 1. The highest BCUT2D eigenvalue weighted by Gasteiger charge is 2.28. The number of methoxy groups -OCH3 is 1. The van der Waals surface area contributed by atoms with Gasteiger partial charge >= 0.3 is 6.03 Å². The van der Waals surface area contributed by atoms with Crippen LogP contribution < -0.4 is 15.4 Å². The summed E-state index contributed by atoms with van der Waals surface area (Å²) in [6.07, 6.45) is 1.22. The van der Waals surface area contributed by atoms with Crippen molar-refractivity contribution in [1.82, 2.24) is 10.2 Å². The Balaban J connectivity index is 1.49. The Morgan fingerprint density at radius 3 is 2.45 bits per heavy atom. The zero-order valence-electron chi connectivity index (χ0n) is 16.7. The first-order chi connectivity index (χ1) is 14.0. The molecule has 0 aromatic heterocycles. The summed E-state index contributed by atoms with van der Waals surface area (Å²) >= 11 is 0. The molecule has 3 amide bonds. The topological polar surface area (TPSA) is 70.7 Å². The minimum atomic E-state index is -0.462. The molecule has 0 bridgehead atoms. The Bertz CT molecular complexity index is 852. The number of amides is 3. The monoisotopic (exact) mass is 399 g/mol. The lowest BCUT2D eigenvalue weighted by atomic mass is 9.96. The third-order valence-corrected chi connectivity index (χ3v) is 5.21. The largest absolute Gasteiger partial charge is 0.494 e. The molecule has 1 heterocycles. The maximum atomic E-state index is 13.9. The Labute approximate surface area is 170 Å². The van der Waals surface area contributed by atoms with E-state index in [9.17, 15) is 14.0 Å². The zero-order chi connectivity index (χ0) is 20.8. The summed E-state index contributed by atoms with van der Waals surface area (Å²) in [5.74, 6) is -0.426. The first-order valence-electron chi connectivity index (χ1n) is 9.72. The molecular weight excluding hydrogens is 373 g/mol. The van der Waals surface area contributed by atoms with Gasteiger partial charge in [0, 0.05) is 24.7 Å². The maximum Gasteiger partial charge on any atom is 0.317 e. The molecule has 0 saturated carbocycles. The van der Waals surface area contributed by atoms with Crippen LogP contribution in [0.25, 0.3) is 0 Å². The van der Waals surface area contributed by atoms with Crippen molar-refractivity contribution in [1.29, 1.82) is 0 Å². The lowest BCUT2D eigenvalue weighted by Crippen LogP contribution is -2.46. The smallest absolute Gasteiger partial charge is 0.317 e. The second-order valence-corrected chi connectivity index (χ2v) is 7.18. The molecule has 0 radical (unpaired) electrons. The molecule has 29 heavy (non-hydrogen) atoms. The Morgan fingerprint density at radius 2 is 1.83 bits per heavy atom. The summed E-state index contributed by atoms with van der Waals surface area (Å²) in [4.78, 5) is 26.7. The van der Waals surface area contributed by atoms with Crippen molar-refractivity contribution in [2.45, 2.75) is 25.8 Å². The van der Waals surface area contributed by atoms with Gasteiger partial charge in [0.1, 0.15) is 0 Å². The number of piperidine rings is 1. The van der Waals surface area contributed by atoms with Gasteiger partial charge in [-0.15, -0.1) is 0 Å². The van der Waals surface area contributed by atoms with Gasteiger partial charge in [0.2, 0.25) is 5.91 Å². The van der Waals surface area contributed by atoms with E-state index in [0.717, 1.165) is 5.69 Å². The molecule has 1 atom stereocenters. The van der Waals surface area contributed by atoms with Crippen molar-refractivity contribution < 1.29 is 18.7 Å². The third-order valence-electron chi connectivity index (χ3n) is 5.21. The van der Waals surface area contributed by atoms with E-state index in [2.05, 4.69) is 10.6 Å². The predicted molar refractivity (Wildman–Crippen MR) is 109 cm³/mol. The summed E-state index contributed by atoms with van der Waals surface area (Å²) in [6.45, 7) is 2.81. The number of carbonyl (C=O) groups is 2. The van der Waals surface area contributed by atoms with Crippen LogP contribution in [-0.4, -0.2) is 37.0 Å². The molecule has 0 spiro atoms. The fourth-order valence-electron chi connectivity index (χ4n) is 3.42. The quantitative estimate of drug-likeness (QED) is 0.800. The van der Waals surface area contributed by atoms with Crippen LogP contribution in [0.2, 0.25) is 0 Å². The number of ether oxygens (including phenoxy) is 1. The summed E-state index contributed by atoms with van der Waals surface area (Å²) in [5.41, 5.74) is 1.44. The molecule has 2 aromatic carbocycles.